The van der Waals surface area contributed by atoms with Gasteiger partial charge in [-0.15, -0.1) is 32.9 Å². The average Bonchev–Trinajstić information content (AvgIpc) is 3.37. The van der Waals surface area contributed by atoms with Crippen LogP contribution in [0.2, 0.25) is 0 Å². The van der Waals surface area contributed by atoms with Gasteiger partial charge in [0.1, 0.15) is 10.9 Å². The number of nitrogens with zero attached hydrogens (tertiary/aromatic N) is 6. The minimum atomic E-state index is -0.745. The summed E-state index contributed by atoms with van der Waals surface area (Å²) in [5, 5.41) is 24.1. The second-order valence-corrected chi connectivity index (χ2v) is 8.27. The fraction of sp³-hybridized carbons (Fsp3) is 0.250. The number of fused-ring (bicyclic) bond motifs is 1. The lowest BCUT2D eigenvalue weighted by Gasteiger charge is -2.06. The van der Waals surface area contributed by atoms with Crippen molar-refractivity contribution in [1.82, 2.24) is 29.8 Å². The lowest BCUT2D eigenvalue weighted by molar-refractivity contribution is 0.100. The predicted molar refractivity (Wildman–Crippen MR) is 103 cm³/mol. The van der Waals surface area contributed by atoms with E-state index < -0.39 is 17.6 Å². The second-order valence-electron chi connectivity index (χ2n) is 6.10. The molecule has 4 heterocycles. The van der Waals surface area contributed by atoms with Gasteiger partial charge in [-0.3, -0.25) is 14.2 Å². The van der Waals surface area contributed by atoms with Gasteiger partial charge in [0, 0.05) is 15.1 Å². The van der Waals surface area contributed by atoms with Gasteiger partial charge in [-0.2, -0.15) is 4.80 Å². The monoisotopic (exact) mass is 417 g/mol. The van der Waals surface area contributed by atoms with Crippen LogP contribution in [-0.2, 0) is 13.1 Å². The molecule has 0 spiro atoms. The molecule has 1 amide bonds. The number of thiophene rings is 2. The van der Waals surface area contributed by atoms with E-state index in [1.807, 2.05) is 19.1 Å². The molecular weight excluding hydrogens is 402 g/mol. The molecule has 4 aromatic rings. The van der Waals surface area contributed by atoms with Crippen molar-refractivity contribution in [1.29, 1.82) is 0 Å². The summed E-state index contributed by atoms with van der Waals surface area (Å²) < 4.78 is 1.29. The molecule has 10 nitrogen and oxygen atoms in total. The van der Waals surface area contributed by atoms with Crippen molar-refractivity contribution >= 4 is 38.8 Å². The third kappa shape index (κ3) is 3.44. The lowest BCUT2D eigenvalue weighted by Crippen LogP contribution is -2.23. The normalized spacial score (nSPS) is 12.5. The van der Waals surface area contributed by atoms with Gasteiger partial charge in [-0.25, -0.2) is 4.98 Å². The Hall–Kier alpha value is -2.96. The molecule has 1 atom stereocenters. The molecule has 28 heavy (non-hydrogen) atoms. The number of rotatable bonds is 6. The molecule has 0 saturated carbocycles. The molecular formula is C16H15N7O3S2. The Morgan fingerprint density at radius 1 is 1.39 bits per heavy atom. The summed E-state index contributed by atoms with van der Waals surface area (Å²) in [4.78, 5) is 32.0. The third-order valence-electron chi connectivity index (χ3n) is 4.06. The van der Waals surface area contributed by atoms with E-state index in [9.17, 15) is 14.7 Å². The van der Waals surface area contributed by atoms with Crippen molar-refractivity contribution in [2.75, 3.05) is 0 Å². The summed E-state index contributed by atoms with van der Waals surface area (Å²) in [5.41, 5.74) is 5.08. The zero-order valence-electron chi connectivity index (χ0n) is 14.6. The highest BCUT2D eigenvalue weighted by molar-refractivity contribution is 7.17. The summed E-state index contributed by atoms with van der Waals surface area (Å²) in [7, 11) is 0. The number of aromatic nitrogens is 6. The molecule has 0 aromatic carbocycles. The number of aryl methyl sites for hydroxylation is 1. The molecule has 0 bridgehead atoms. The number of aliphatic hydroxyl groups is 1. The molecule has 4 rings (SSSR count). The molecule has 0 aliphatic rings. The Balaban J connectivity index is 1.55. The number of carbonyl (C=O) groups is 1. The first-order valence-corrected chi connectivity index (χ1v) is 9.89. The topological polar surface area (TPSA) is 142 Å². The van der Waals surface area contributed by atoms with Crippen LogP contribution in [0.15, 0.2) is 28.6 Å². The summed E-state index contributed by atoms with van der Waals surface area (Å²) in [5.74, 6) is -0.390. The number of nitrogens with two attached hydrogens (primary N) is 1. The van der Waals surface area contributed by atoms with Gasteiger partial charge < -0.3 is 10.8 Å². The van der Waals surface area contributed by atoms with Crippen molar-refractivity contribution < 1.29 is 9.90 Å². The summed E-state index contributed by atoms with van der Waals surface area (Å²) in [6.07, 6.45) is 0.626. The van der Waals surface area contributed by atoms with Crippen LogP contribution in [0.3, 0.4) is 0 Å². The van der Waals surface area contributed by atoms with Crippen molar-refractivity contribution in [3.05, 3.63) is 55.3 Å². The highest BCUT2D eigenvalue weighted by Gasteiger charge is 2.17. The van der Waals surface area contributed by atoms with Crippen molar-refractivity contribution in [2.24, 2.45) is 5.73 Å². The second kappa shape index (κ2) is 7.22. The molecule has 0 unspecified atom stereocenters. The van der Waals surface area contributed by atoms with Crippen LogP contribution in [-0.4, -0.2) is 40.8 Å². The van der Waals surface area contributed by atoms with E-state index in [2.05, 4.69) is 20.4 Å². The van der Waals surface area contributed by atoms with Crippen LogP contribution in [0.4, 0.5) is 0 Å². The van der Waals surface area contributed by atoms with Gasteiger partial charge in [0.2, 0.25) is 5.91 Å². The molecule has 12 heteroatoms. The Morgan fingerprint density at radius 2 is 2.21 bits per heavy atom. The standard InChI is InChI=1S/C16H15N7O3S2/c1-8-2-3-11(28-8)10(24)4-23-20-12(19-21-23)5-22-7-18-15-13(16(22)26)9(6-27-15)14(17)25/h2-3,6-7,10,24H,4-5H2,1H3,(H2,17,25)/t10-/m0/s1. The molecule has 4 aromatic heterocycles. The first kappa shape index (κ1) is 18.4. The van der Waals surface area contributed by atoms with Crippen LogP contribution >= 0.6 is 22.7 Å². The highest BCUT2D eigenvalue weighted by atomic mass is 32.1. The number of hydrogen-bond acceptors (Lipinski definition) is 9. The zero-order chi connectivity index (χ0) is 19.8. The van der Waals surface area contributed by atoms with Crippen molar-refractivity contribution in [3.8, 4) is 0 Å². The van der Waals surface area contributed by atoms with Crippen LogP contribution < -0.4 is 11.3 Å². The van der Waals surface area contributed by atoms with Gasteiger partial charge in [-0.1, -0.05) is 0 Å². The molecule has 3 N–H and O–H groups in total. The van der Waals surface area contributed by atoms with E-state index in [1.54, 1.807) is 0 Å². The highest BCUT2D eigenvalue weighted by Crippen LogP contribution is 2.23. The fourth-order valence-corrected chi connectivity index (χ4v) is 4.45. The van der Waals surface area contributed by atoms with Crippen LogP contribution in [0.1, 0.15) is 32.0 Å². The van der Waals surface area contributed by atoms with Crippen molar-refractivity contribution in [2.45, 2.75) is 26.1 Å². The predicted octanol–water partition coefficient (Wildman–Crippen LogP) is 0.695. The lowest BCUT2D eigenvalue weighted by atomic mass is 10.2. The van der Waals surface area contributed by atoms with E-state index in [0.29, 0.717) is 4.83 Å². The first-order chi connectivity index (χ1) is 13.4. The maximum absolute atomic E-state index is 12.7. The molecule has 0 radical (unpaired) electrons. The minimum absolute atomic E-state index is 0.0318. The molecule has 144 valence electrons. The fourth-order valence-electron chi connectivity index (χ4n) is 2.71. The smallest absolute Gasteiger partial charge is 0.263 e. The first-order valence-electron chi connectivity index (χ1n) is 8.20. The van der Waals surface area contributed by atoms with E-state index in [-0.39, 0.29) is 29.9 Å². The Labute approximate surface area is 165 Å². The van der Waals surface area contributed by atoms with E-state index in [4.69, 9.17) is 5.73 Å². The van der Waals surface area contributed by atoms with E-state index in [1.165, 1.54) is 43.7 Å². The number of aliphatic hydroxyl groups excluding tert-OH is 1. The number of primary amides is 1. The zero-order valence-corrected chi connectivity index (χ0v) is 16.3. The number of amides is 1. The van der Waals surface area contributed by atoms with Gasteiger partial charge in [0.25, 0.3) is 5.56 Å². The number of carbonyl (C=O) groups excluding carboxylic acids is 1. The van der Waals surface area contributed by atoms with Crippen LogP contribution in [0.25, 0.3) is 10.2 Å². The Bertz CT molecular complexity index is 1220. The molecule has 0 aliphatic carbocycles. The van der Waals surface area contributed by atoms with Gasteiger partial charge in [0.15, 0.2) is 5.82 Å². The minimum Gasteiger partial charge on any atom is -0.386 e. The SMILES string of the molecule is Cc1ccc([C@@H](O)Cn2nnc(Cn3cnc4scc(C(N)=O)c4c3=O)n2)s1. The van der Waals surface area contributed by atoms with E-state index >= 15 is 0 Å². The quantitative estimate of drug-likeness (QED) is 0.470. The summed E-state index contributed by atoms with van der Waals surface area (Å²) >= 11 is 2.68. The molecule has 0 saturated heterocycles. The Kier molecular flexibility index (Phi) is 4.75. The largest absolute Gasteiger partial charge is 0.386 e. The maximum atomic E-state index is 12.7. The molecule has 0 aliphatic heterocycles. The van der Waals surface area contributed by atoms with Gasteiger partial charge in [-0.05, 0) is 24.3 Å². The van der Waals surface area contributed by atoms with Gasteiger partial charge in [0.05, 0.1) is 30.4 Å². The van der Waals surface area contributed by atoms with Gasteiger partial charge >= 0.3 is 0 Å². The summed E-state index contributed by atoms with van der Waals surface area (Å²) in [6.45, 7) is 2.14. The average molecular weight is 417 g/mol. The van der Waals surface area contributed by atoms with Crippen LogP contribution in [0.5, 0.6) is 0 Å². The van der Waals surface area contributed by atoms with E-state index in [0.717, 1.165) is 9.75 Å². The summed E-state index contributed by atoms with van der Waals surface area (Å²) in [6, 6.07) is 3.80. The number of hydrogen-bond donors (Lipinski definition) is 2. The molecule has 0 fully saturated rings. The number of tetrazole rings is 1. The maximum Gasteiger partial charge on any atom is 0.263 e. The Morgan fingerprint density at radius 3 is 2.93 bits per heavy atom. The van der Waals surface area contributed by atoms with Crippen LogP contribution in [0, 0.1) is 6.92 Å². The third-order valence-corrected chi connectivity index (χ3v) is 6.05. The van der Waals surface area contributed by atoms with Crippen molar-refractivity contribution in [3.63, 3.8) is 0 Å².